The van der Waals surface area contributed by atoms with Crippen molar-refractivity contribution < 1.29 is 32.1 Å². The summed E-state index contributed by atoms with van der Waals surface area (Å²) in [4.78, 5) is 0. The Labute approximate surface area is 64.9 Å². The molecule has 3 nitrogen and oxygen atoms in total. The molecule has 0 aromatic rings. The summed E-state index contributed by atoms with van der Waals surface area (Å²) in [5, 5.41) is 8.51. The van der Waals surface area contributed by atoms with E-state index >= 15 is 0 Å². The molecule has 1 saturated heterocycles. The van der Waals surface area contributed by atoms with Crippen LogP contribution in [0.5, 0.6) is 0 Å². The summed E-state index contributed by atoms with van der Waals surface area (Å²) in [5.74, 6) is 0. The molecule has 0 aromatic carbocycles. The van der Waals surface area contributed by atoms with Crippen molar-refractivity contribution >= 4 is 0 Å². The number of halogens is 4. The second-order valence-electron chi connectivity index (χ2n) is 2.24. The molecule has 12 heavy (non-hydrogen) atoms. The Balaban J connectivity index is 2.57. The monoisotopic (exact) mass is 190 g/mol. The van der Waals surface area contributed by atoms with E-state index in [1.165, 1.54) is 0 Å². The molecule has 1 aliphatic rings. The zero-order valence-corrected chi connectivity index (χ0v) is 5.71. The van der Waals surface area contributed by atoms with Gasteiger partial charge in [-0.05, 0) is 0 Å². The van der Waals surface area contributed by atoms with Gasteiger partial charge in [0, 0.05) is 0 Å². The lowest BCUT2D eigenvalue weighted by molar-refractivity contribution is -0.345. The van der Waals surface area contributed by atoms with Gasteiger partial charge < -0.3 is 14.6 Å². The lowest BCUT2D eigenvalue weighted by Crippen LogP contribution is -2.48. The largest absolute Gasteiger partial charge is 0.419 e. The quantitative estimate of drug-likeness (QED) is 0.568. The highest BCUT2D eigenvalue weighted by Crippen LogP contribution is 2.30. The second-order valence-corrected chi connectivity index (χ2v) is 2.24. The van der Waals surface area contributed by atoms with Gasteiger partial charge in [0.05, 0.1) is 6.61 Å². The molecule has 3 atom stereocenters. The van der Waals surface area contributed by atoms with Crippen LogP contribution < -0.4 is 0 Å². The molecule has 0 aliphatic carbocycles. The number of hydrogen-bond acceptors (Lipinski definition) is 3. The van der Waals surface area contributed by atoms with Crippen molar-refractivity contribution in [3.63, 3.8) is 0 Å². The zero-order chi connectivity index (χ0) is 9.35. The van der Waals surface area contributed by atoms with Crippen LogP contribution in [0, 0.1) is 0 Å². The lowest BCUT2D eigenvalue weighted by Gasteiger charge is -2.30. The van der Waals surface area contributed by atoms with Crippen molar-refractivity contribution in [2.45, 2.75) is 24.9 Å². The first-order valence-electron chi connectivity index (χ1n) is 3.07. The molecule has 1 aliphatic heterocycles. The molecule has 0 aromatic heterocycles. The highest BCUT2D eigenvalue weighted by atomic mass is 19.4. The number of alkyl halides is 4. The maximum atomic E-state index is 12.4. The van der Waals surface area contributed by atoms with Crippen LogP contribution in [-0.2, 0) is 9.47 Å². The number of hydrogen-bond donors (Lipinski definition) is 1. The van der Waals surface area contributed by atoms with E-state index in [9.17, 15) is 17.6 Å². The molecule has 0 amide bonds. The highest BCUT2D eigenvalue weighted by Gasteiger charge is 2.50. The maximum Gasteiger partial charge on any atom is 0.419 e. The van der Waals surface area contributed by atoms with Gasteiger partial charge in [0.25, 0.3) is 0 Å². The van der Waals surface area contributed by atoms with Crippen LogP contribution in [0.2, 0.25) is 0 Å². The van der Waals surface area contributed by atoms with E-state index in [1.807, 2.05) is 0 Å². The topological polar surface area (TPSA) is 38.7 Å². The van der Waals surface area contributed by atoms with Gasteiger partial charge in [-0.15, -0.1) is 0 Å². The van der Waals surface area contributed by atoms with Crippen LogP contribution in [0.4, 0.5) is 17.6 Å². The Morgan fingerprint density at radius 2 is 1.92 bits per heavy atom. The van der Waals surface area contributed by atoms with E-state index in [4.69, 9.17) is 5.11 Å². The van der Waals surface area contributed by atoms with Crippen LogP contribution in [0.15, 0.2) is 0 Å². The average Bonchev–Trinajstić information content (AvgIpc) is 1.83. The Morgan fingerprint density at radius 1 is 1.33 bits per heavy atom. The molecule has 0 spiro atoms. The SMILES string of the molecule is O[C@H]1COC(C(F)(F)F)C(F)O1. The third-order valence-electron chi connectivity index (χ3n) is 1.27. The fourth-order valence-corrected chi connectivity index (χ4v) is 0.765. The van der Waals surface area contributed by atoms with Gasteiger partial charge in [-0.25, -0.2) is 4.39 Å². The van der Waals surface area contributed by atoms with Gasteiger partial charge in [0.2, 0.25) is 12.5 Å². The zero-order valence-electron chi connectivity index (χ0n) is 5.71. The maximum absolute atomic E-state index is 12.4. The fraction of sp³-hybridized carbons (Fsp3) is 1.00. The normalized spacial score (nSPS) is 38.2. The third kappa shape index (κ3) is 2.05. The average molecular weight is 190 g/mol. The van der Waals surface area contributed by atoms with Gasteiger partial charge in [-0.1, -0.05) is 0 Å². The molecule has 0 bridgehead atoms. The van der Waals surface area contributed by atoms with E-state index < -0.39 is 31.5 Å². The summed E-state index contributed by atoms with van der Waals surface area (Å²) in [6.45, 7) is -0.676. The van der Waals surface area contributed by atoms with Crippen LogP contribution in [0.1, 0.15) is 0 Å². The lowest BCUT2D eigenvalue weighted by atomic mass is 10.3. The number of aliphatic hydroxyl groups excluding tert-OH is 1. The summed E-state index contributed by atoms with van der Waals surface area (Å²) in [6.07, 6.45) is -11.7. The summed E-state index contributed by atoms with van der Waals surface area (Å²) in [7, 11) is 0. The van der Waals surface area contributed by atoms with Gasteiger partial charge >= 0.3 is 6.18 Å². The summed E-state index contributed by atoms with van der Waals surface area (Å²) < 4.78 is 55.6. The minimum atomic E-state index is -4.81. The smallest absolute Gasteiger partial charge is 0.366 e. The van der Waals surface area contributed by atoms with Crippen LogP contribution in [-0.4, -0.2) is 36.6 Å². The van der Waals surface area contributed by atoms with Gasteiger partial charge in [-0.3, -0.25) is 0 Å². The van der Waals surface area contributed by atoms with E-state index in [-0.39, 0.29) is 0 Å². The standard InChI is InChI=1S/C5H6F4O3/c6-4-3(5(7,8)9)11-1-2(10)12-4/h2-4,10H,1H2/t2-,3?,4?/m1/s1. The molecule has 1 N–H and O–H groups in total. The van der Waals surface area contributed by atoms with E-state index in [1.54, 1.807) is 0 Å². The second kappa shape index (κ2) is 3.15. The predicted molar refractivity (Wildman–Crippen MR) is 27.8 cm³/mol. The highest BCUT2D eigenvalue weighted by molar-refractivity contribution is 4.74. The van der Waals surface area contributed by atoms with E-state index in [2.05, 4.69) is 9.47 Å². The van der Waals surface area contributed by atoms with Crippen molar-refractivity contribution in [1.29, 1.82) is 0 Å². The first-order chi connectivity index (χ1) is 5.41. The molecule has 1 rings (SSSR count). The molecular formula is C5H6F4O3. The molecule has 72 valence electrons. The van der Waals surface area contributed by atoms with Crippen molar-refractivity contribution in [3.05, 3.63) is 0 Å². The van der Waals surface area contributed by atoms with Gasteiger partial charge in [0.15, 0.2) is 6.29 Å². The molecule has 2 unspecified atom stereocenters. The molecule has 0 radical (unpaired) electrons. The van der Waals surface area contributed by atoms with Crippen LogP contribution in [0.25, 0.3) is 0 Å². The van der Waals surface area contributed by atoms with Crippen LogP contribution in [0.3, 0.4) is 0 Å². The van der Waals surface area contributed by atoms with Crippen LogP contribution >= 0.6 is 0 Å². The Bertz CT molecular complexity index is 159. The molecule has 0 saturated carbocycles. The molecule has 1 heterocycles. The summed E-state index contributed by atoms with van der Waals surface area (Å²) in [6, 6.07) is 0. The number of rotatable bonds is 0. The third-order valence-corrected chi connectivity index (χ3v) is 1.27. The Morgan fingerprint density at radius 3 is 2.33 bits per heavy atom. The fourth-order valence-electron chi connectivity index (χ4n) is 0.765. The van der Waals surface area contributed by atoms with Crippen molar-refractivity contribution in [3.8, 4) is 0 Å². The number of ether oxygens (including phenoxy) is 2. The molecule has 7 heteroatoms. The Hall–Kier alpha value is -0.400. The van der Waals surface area contributed by atoms with Crippen molar-refractivity contribution in [1.82, 2.24) is 0 Å². The Kier molecular flexibility index (Phi) is 2.55. The van der Waals surface area contributed by atoms with Crippen molar-refractivity contribution in [2.24, 2.45) is 0 Å². The van der Waals surface area contributed by atoms with E-state index in [0.29, 0.717) is 0 Å². The minimum absolute atomic E-state index is 0.676. The van der Waals surface area contributed by atoms with E-state index in [0.717, 1.165) is 0 Å². The first kappa shape index (κ1) is 9.69. The number of aliphatic hydroxyl groups is 1. The summed E-state index contributed by atoms with van der Waals surface area (Å²) in [5.41, 5.74) is 0. The molecule has 1 fully saturated rings. The minimum Gasteiger partial charge on any atom is -0.366 e. The predicted octanol–water partition coefficient (Wildman–Crippen LogP) is 0.578. The molecular weight excluding hydrogens is 184 g/mol. The van der Waals surface area contributed by atoms with Gasteiger partial charge in [0.1, 0.15) is 0 Å². The first-order valence-corrected chi connectivity index (χ1v) is 3.07. The summed E-state index contributed by atoms with van der Waals surface area (Å²) >= 11 is 0. The van der Waals surface area contributed by atoms with Gasteiger partial charge in [-0.2, -0.15) is 13.2 Å². The van der Waals surface area contributed by atoms with Crippen molar-refractivity contribution in [2.75, 3.05) is 6.61 Å².